The molecule has 1 aliphatic heterocycles. The van der Waals surface area contributed by atoms with Crippen molar-refractivity contribution < 1.29 is 4.74 Å². The van der Waals surface area contributed by atoms with Gasteiger partial charge in [0.2, 0.25) is 0 Å². The zero-order valence-electron chi connectivity index (χ0n) is 14.2. The van der Waals surface area contributed by atoms with Gasteiger partial charge in [-0.2, -0.15) is 0 Å². The first-order valence-electron chi connectivity index (χ1n) is 8.77. The van der Waals surface area contributed by atoms with E-state index >= 15 is 0 Å². The fraction of sp³-hybridized carbons (Fsp3) is 0.400. The second-order valence-corrected chi connectivity index (χ2v) is 7.06. The summed E-state index contributed by atoms with van der Waals surface area (Å²) < 4.78 is 6.00. The van der Waals surface area contributed by atoms with Gasteiger partial charge in [0.15, 0.2) is 0 Å². The first kappa shape index (κ1) is 18.4. The number of nitrogens with zero attached hydrogens (tertiary/aromatic N) is 1. The van der Waals surface area contributed by atoms with Crippen LogP contribution in [0.3, 0.4) is 0 Å². The summed E-state index contributed by atoms with van der Waals surface area (Å²) >= 11 is 5.94. The number of aryl methyl sites for hydroxylation is 2. The van der Waals surface area contributed by atoms with Crippen molar-refractivity contribution in [2.75, 3.05) is 31.1 Å². The van der Waals surface area contributed by atoms with E-state index in [2.05, 4.69) is 28.4 Å². The fourth-order valence-electron chi connectivity index (χ4n) is 3.71. The maximum Gasteiger partial charge on any atom is 0.119 e. The molecule has 134 valence electrons. The Morgan fingerprint density at radius 1 is 1.08 bits per heavy atom. The first-order valence-corrected chi connectivity index (χ1v) is 9.15. The zero-order valence-corrected chi connectivity index (χ0v) is 15.8. The Labute approximate surface area is 160 Å². The summed E-state index contributed by atoms with van der Waals surface area (Å²) in [5.41, 5.74) is 4.40. The zero-order chi connectivity index (χ0) is 16.4. The molecule has 0 amide bonds. The molecule has 0 spiro atoms. The molecule has 1 N–H and O–H groups in total. The van der Waals surface area contributed by atoms with Crippen LogP contribution in [0.1, 0.15) is 17.5 Å². The van der Waals surface area contributed by atoms with E-state index in [4.69, 9.17) is 16.3 Å². The van der Waals surface area contributed by atoms with E-state index in [1.807, 2.05) is 24.3 Å². The summed E-state index contributed by atoms with van der Waals surface area (Å²) in [6, 6.07) is 14.9. The number of fused-ring (bicyclic) bond motifs is 1. The average molecular weight is 379 g/mol. The Morgan fingerprint density at radius 2 is 1.88 bits per heavy atom. The average Bonchev–Trinajstić information content (AvgIpc) is 3.09. The molecule has 1 heterocycles. The molecule has 5 heteroatoms. The molecule has 1 fully saturated rings. The Balaban J connectivity index is 0.00000182. The highest BCUT2D eigenvalue weighted by atomic mass is 35.5. The van der Waals surface area contributed by atoms with E-state index in [0.29, 0.717) is 12.6 Å². The number of rotatable bonds is 4. The number of benzene rings is 2. The van der Waals surface area contributed by atoms with E-state index in [9.17, 15) is 0 Å². The van der Waals surface area contributed by atoms with Gasteiger partial charge in [0, 0.05) is 30.3 Å². The van der Waals surface area contributed by atoms with E-state index in [0.717, 1.165) is 30.4 Å². The third kappa shape index (κ3) is 4.22. The first-order chi connectivity index (χ1) is 11.8. The molecule has 1 unspecified atom stereocenters. The van der Waals surface area contributed by atoms with Gasteiger partial charge in [-0.05, 0) is 66.8 Å². The number of piperazine rings is 1. The number of hydrogen-bond acceptors (Lipinski definition) is 3. The predicted molar refractivity (Wildman–Crippen MR) is 107 cm³/mol. The van der Waals surface area contributed by atoms with E-state index in [1.165, 1.54) is 36.1 Å². The molecule has 3 nitrogen and oxygen atoms in total. The third-order valence-electron chi connectivity index (χ3n) is 5.02. The van der Waals surface area contributed by atoms with Crippen LogP contribution in [0, 0.1) is 0 Å². The van der Waals surface area contributed by atoms with E-state index < -0.39 is 0 Å². The molecule has 1 atom stereocenters. The van der Waals surface area contributed by atoms with Crippen LogP contribution in [0.5, 0.6) is 5.75 Å². The quantitative estimate of drug-likeness (QED) is 0.866. The lowest BCUT2D eigenvalue weighted by atomic mass is 10.1. The Morgan fingerprint density at radius 3 is 2.72 bits per heavy atom. The largest absolute Gasteiger partial charge is 0.491 e. The van der Waals surface area contributed by atoms with Crippen LogP contribution in [0.4, 0.5) is 5.69 Å². The molecule has 0 saturated carbocycles. The van der Waals surface area contributed by atoms with Gasteiger partial charge in [-0.15, -0.1) is 12.4 Å². The summed E-state index contributed by atoms with van der Waals surface area (Å²) in [6.07, 6.45) is 3.75. The molecule has 2 aromatic carbocycles. The van der Waals surface area contributed by atoms with Crippen molar-refractivity contribution >= 4 is 29.7 Å². The van der Waals surface area contributed by atoms with Crippen LogP contribution in [-0.4, -0.2) is 32.3 Å². The van der Waals surface area contributed by atoms with E-state index in [-0.39, 0.29) is 12.4 Å². The summed E-state index contributed by atoms with van der Waals surface area (Å²) in [4.78, 5) is 2.49. The van der Waals surface area contributed by atoms with Crippen LogP contribution in [0.25, 0.3) is 0 Å². The van der Waals surface area contributed by atoms with Gasteiger partial charge in [-0.25, -0.2) is 0 Å². The monoisotopic (exact) mass is 378 g/mol. The highest BCUT2D eigenvalue weighted by Crippen LogP contribution is 2.28. The number of hydrogen-bond donors (Lipinski definition) is 1. The lowest BCUT2D eigenvalue weighted by molar-refractivity contribution is 0.267. The molecular weight excluding hydrogens is 355 g/mol. The van der Waals surface area contributed by atoms with Crippen LogP contribution < -0.4 is 15.0 Å². The Hall–Kier alpha value is -1.42. The molecule has 2 aromatic rings. The minimum absolute atomic E-state index is 0. The number of nitrogens with one attached hydrogen (secondary N) is 1. The Kier molecular flexibility index (Phi) is 6.10. The summed E-state index contributed by atoms with van der Waals surface area (Å²) in [5.74, 6) is 0.874. The van der Waals surface area contributed by atoms with Gasteiger partial charge in [-0.1, -0.05) is 17.7 Å². The second kappa shape index (κ2) is 8.31. The lowest BCUT2D eigenvalue weighted by Crippen LogP contribution is -2.54. The maximum absolute atomic E-state index is 6.00. The molecule has 1 saturated heterocycles. The molecule has 0 radical (unpaired) electrons. The highest BCUT2D eigenvalue weighted by Gasteiger charge is 2.24. The van der Waals surface area contributed by atoms with E-state index in [1.54, 1.807) is 0 Å². The lowest BCUT2D eigenvalue weighted by Gasteiger charge is -2.38. The van der Waals surface area contributed by atoms with Gasteiger partial charge in [0.1, 0.15) is 12.4 Å². The van der Waals surface area contributed by atoms with Crippen molar-refractivity contribution in [3.63, 3.8) is 0 Å². The van der Waals surface area contributed by atoms with Crippen LogP contribution in [0.2, 0.25) is 5.02 Å². The van der Waals surface area contributed by atoms with Gasteiger partial charge >= 0.3 is 0 Å². The molecule has 4 rings (SSSR count). The molecule has 25 heavy (non-hydrogen) atoms. The van der Waals surface area contributed by atoms with Crippen molar-refractivity contribution in [2.45, 2.75) is 25.3 Å². The van der Waals surface area contributed by atoms with Gasteiger partial charge < -0.3 is 15.0 Å². The molecule has 0 bridgehead atoms. The van der Waals surface area contributed by atoms with Gasteiger partial charge in [-0.3, -0.25) is 0 Å². The fourth-order valence-corrected chi connectivity index (χ4v) is 3.84. The van der Waals surface area contributed by atoms with Crippen LogP contribution >= 0.6 is 24.0 Å². The SMILES string of the molecule is Cl.Clc1ccc(OCC2CNCCN2c2ccc3c(c2)CCC3)cc1. The van der Waals surface area contributed by atoms with Crippen molar-refractivity contribution in [1.82, 2.24) is 5.32 Å². The van der Waals surface area contributed by atoms with Crippen LogP contribution in [0.15, 0.2) is 42.5 Å². The highest BCUT2D eigenvalue weighted by molar-refractivity contribution is 6.30. The van der Waals surface area contributed by atoms with Crippen molar-refractivity contribution in [2.24, 2.45) is 0 Å². The second-order valence-electron chi connectivity index (χ2n) is 6.62. The van der Waals surface area contributed by atoms with Crippen molar-refractivity contribution in [3.05, 3.63) is 58.6 Å². The Bertz CT molecular complexity index is 705. The van der Waals surface area contributed by atoms with Crippen molar-refractivity contribution in [1.29, 1.82) is 0 Å². The summed E-state index contributed by atoms with van der Waals surface area (Å²) in [7, 11) is 0. The minimum atomic E-state index is 0. The topological polar surface area (TPSA) is 24.5 Å². The molecule has 1 aliphatic carbocycles. The standard InChI is InChI=1S/C20H23ClN2O.ClH/c21-17-5-8-20(9-6-17)24-14-19-13-22-10-11-23(19)18-7-4-15-2-1-3-16(15)12-18;/h4-9,12,19,22H,1-3,10-11,13-14H2;1H. The molecular formula is C20H24Cl2N2O. The number of anilines is 1. The smallest absolute Gasteiger partial charge is 0.119 e. The van der Waals surface area contributed by atoms with Crippen molar-refractivity contribution in [3.8, 4) is 5.75 Å². The minimum Gasteiger partial charge on any atom is -0.491 e. The number of ether oxygens (including phenoxy) is 1. The number of halogens is 2. The molecule has 0 aromatic heterocycles. The maximum atomic E-state index is 6.00. The predicted octanol–water partition coefficient (Wildman–Crippen LogP) is 4.11. The van der Waals surface area contributed by atoms with Crippen LogP contribution in [-0.2, 0) is 12.8 Å². The van der Waals surface area contributed by atoms with Gasteiger partial charge in [0.25, 0.3) is 0 Å². The normalized spacial score (nSPS) is 19.2. The summed E-state index contributed by atoms with van der Waals surface area (Å²) in [6.45, 7) is 3.67. The van der Waals surface area contributed by atoms with Gasteiger partial charge in [0.05, 0.1) is 6.04 Å². The third-order valence-corrected chi connectivity index (χ3v) is 5.27. The molecule has 2 aliphatic rings. The summed E-state index contributed by atoms with van der Waals surface area (Å²) in [5, 5.41) is 4.23.